The van der Waals surface area contributed by atoms with Crippen LogP contribution in [0.1, 0.15) is 70.9 Å². The molecule has 0 amide bonds. The zero-order chi connectivity index (χ0) is 41.9. The van der Waals surface area contributed by atoms with E-state index in [4.69, 9.17) is 17.1 Å². The minimum absolute atomic E-state index is 0. The molecule has 295 valence electrons. The van der Waals surface area contributed by atoms with Crippen molar-refractivity contribution < 1.29 is 27.3 Å². The minimum Gasteiger partial charge on any atom is 0 e. The summed E-state index contributed by atoms with van der Waals surface area (Å²) in [7, 11) is 0. The van der Waals surface area contributed by atoms with E-state index in [9.17, 15) is 0 Å². The minimum atomic E-state index is -2.25. The van der Waals surface area contributed by atoms with Gasteiger partial charge in [0.1, 0.15) is 0 Å². The Hall–Kier alpha value is -4.36. The number of hydrogen-bond acceptors (Lipinski definition) is 4. The number of fused-ring (bicyclic) bond motifs is 4. The third kappa shape index (κ3) is 8.74. The van der Waals surface area contributed by atoms with Crippen molar-refractivity contribution in [3.63, 3.8) is 0 Å². The number of pyridine rings is 2. The van der Waals surface area contributed by atoms with Crippen LogP contribution >= 0.6 is 0 Å². The Bertz CT molecular complexity index is 2800. The molecule has 4 aromatic carbocycles. The first-order valence-electron chi connectivity index (χ1n) is 20.6. The van der Waals surface area contributed by atoms with E-state index in [-0.39, 0.29) is 31.4 Å². The third-order valence-electron chi connectivity index (χ3n) is 10.2. The molecular weight excluding hydrogens is 937 g/mol. The van der Waals surface area contributed by atoms with E-state index < -0.39 is 19.6 Å². The average molecular weight is 994 g/mol. The molecule has 0 unspecified atom stereocenters. The maximum absolute atomic E-state index is 8.70. The monoisotopic (exact) mass is 995 g/mol. The zero-order valence-electron chi connectivity index (χ0n) is 37.3. The van der Waals surface area contributed by atoms with Crippen molar-refractivity contribution in [3.05, 3.63) is 137 Å². The summed E-state index contributed by atoms with van der Waals surface area (Å²) in [5.74, 6) is 7.61. The topological polar surface area (TPSA) is 56.7 Å². The van der Waals surface area contributed by atoms with Crippen LogP contribution in [0.4, 0.5) is 0 Å². The van der Waals surface area contributed by atoms with E-state index in [1.54, 1.807) is 0 Å². The second-order valence-electron chi connectivity index (χ2n) is 17.4. The average Bonchev–Trinajstić information content (AvgIpc) is 3.72. The van der Waals surface area contributed by atoms with E-state index in [0.29, 0.717) is 5.71 Å². The molecule has 0 aliphatic carbocycles. The van der Waals surface area contributed by atoms with E-state index in [2.05, 4.69) is 129 Å². The van der Waals surface area contributed by atoms with Crippen molar-refractivity contribution >= 4 is 50.8 Å². The van der Waals surface area contributed by atoms with Gasteiger partial charge in [-0.05, 0) is 63.1 Å². The quantitative estimate of drug-likeness (QED) is 0.123. The smallest absolute Gasteiger partial charge is 0 e. The first kappa shape index (κ1) is 39.5. The van der Waals surface area contributed by atoms with Crippen LogP contribution in [0.25, 0.3) is 61.4 Å². The molecule has 7 heteroatoms. The summed E-state index contributed by atoms with van der Waals surface area (Å²) in [6.07, 6.45) is 0.565. The van der Waals surface area contributed by atoms with Crippen LogP contribution < -0.4 is 4.40 Å². The zero-order valence-corrected chi connectivity index (χ0v) is 39.8. The molecule has 0 fully saturated rings. The largest absolute Gasteiger partial charge is 0 e. The van der Waals surface area contributed by atoms with Crippen molar-refractivity contribution in [2.75, 3.05) is 0 Å². The molecule has 8 aromatic rings. The molecule has 0 aliphatic rings. The Morgan fingerprint density at radius 3 is 2.23 bits per heavy atom. The Labute approximate surface area is 357 Å². The van der Waals surface area contributed by atoms with Crippen LogP contribution in [-0.2, 0) is 31.9 Å². The number of aromatic nitrogens is 4. The number of furan rings is 1. The summed E-state index contributed by atoms with van der Waals surface area (Å²) in [6.45, 7) is 18.9. The summed E-state index contributed by atoms with van der Waals surface area (Å²) in [5.41, 5.74) is 13.9. The number of para-hydroxylation sites is 2. The fourth-order valence-electron chi connectivity index (χ4n) is 7.54. The Balaban J connectivity index is 0.000000200. The second kappa shape index (κ2) is 16.5. The first-order valence-corrected chi connectivity index (χ1v) is 26.9. The van der Waals surface area contributed by atoms with Gasteiger partial charge in [0.2, 0.25) is 5.71 Å². The van der Waals surface area contributed by atoms with Gasteiger partial charge in [-0.3, -0.25) is 4.98 Å². The van der Waals surface area contributed by atoms with Crippen LogP contribution in [0.2, 0.25) is 17.3 Å². The van der Waals surface area contributed by atoms with Crippen LogP contribution in [0.3, 0.4) is 0 Å². The van der Waals surface area contributed by atoms with Crippen molar-refractivity contribution in [2.24, 2.45) is 5.92 Å². The van der Waals surface area contributed by atoms with Gasteiger partial charge in [0.15, 0.2) is 0 Å². The number of hydrogen-bond donors (Lipinski definition) is 0. The van der Waals surface area contributed by atoms with Gasteiger partial charge in [-0.25, -0.2) is 4.98 Å². The Morgan fingerprint density at radius 1 is 0.842 bits per heavy atom. The molecule has 0 N–H and O–H groups in total. The van der Waals surface area contributed by atoms with Gasteiger partial charge in [0.05, 0.1) is 22.4 Å². The van der Waals surface area contributed by atoms with E-state index in [1.165, 1.54) is 22.3 Å². The van der Waals surface area contributed by atoms with E-state index >= 15 is 0 Å². The van der Waals surface area contributed by atoms with Gasteiger partial charge in [-0.1, -0.05) is 40.8 Å². The SMILES string of the molecule is Cc1cc(C)c(-n2c(-c3[c-]ccc4c3oc3nc(C)ccc34)nc3ccccc32)c(C)c1.[2H]C([2H])(c1cc(-c2[c-]ccc(C(C)(C)C)c2)nc[c]1[Ge]([CH3])([CH3])[CH3])C(C)C.[Ir]. The van der Waals surface area contributed by atoms with Gasteiger partial charge in [0, 0.05) is 36.9 Å². The molecule has 0 bridgehead atoms. The van der Waals surface area contributed by atoms with Crippen LogP contribution in [0.5, 0.6) is 0 Å². The summed E-state index contributed by atoms with van der Waals surface area (Å²) in [5, 5.41) is 2.03. The maximum atomic E-state index is 8.70. The summed E-state index contributed by atoms with van der Waals surface area (Å²) in [4.78, 5) is 14.4. The van der Waals surface area contributed by atoms with Gasteiger partial charge in [-0.2, -0.15) is 0 Å². The number of nitrogens with zero attached hydrogens (tertiary/aromatic N) is 4. The first-order chi connectivity index (χ1) is 27.3. The van der Waals surface area contributed by atoms with Gasteiger partial charge >= 0.3 is 154 Å². The van der Waals surface area contributed by atoms with E-state index in [0.717, 1.165) is 71.4 Å². The molecule has 57 heavy (non-hydrogen) atoms. The Morgan fingerprint density at radius 2 is 1.54 bits per heavy atom. The fourth-order valence-corrected chi connectivity index (χ4v) is 10.5. The summed E-state index contributed by atoms with van der Waals surface area (Å²) >= 11 is -2.25. The second-order valence-corrected chi connectivity index (χ2v) is 28.0. The molecule has 4 heterocycles. The number of imidazole rings is 1. The van der Waals surface area contributed by atoms with Crippen molar-refractivity contribution in [3.8, 4) is 28.3 Å². The molecule has 5 nitrogen and oxygen atoms in total. The molecule has 4 aromatic heterocycles. The summed E-state index contributed by atoms with van der Waals surface area (Å²) < 4.78 is 27.1. The predicted octanol–water partition coefficient (Wildman–Crippen LogP) is 12.6. The number of rotatable bonds is 6. The fraction of sp³-hybridized carbons (Fsp3) is 0.300. The van der Waals surface area contributed by atoms with Crippen molar-refractivity contribution in [1.82, 2.24) is 19.5 Å². The molecule has 1 radical (unpaired) electrons. The molecule has 0 spiro atoms. The normalized spacial score (nSPS) is 12.7. The molecule has 0 saturated carbocycles. The van der Waals surface area contributed by atoms with Crippen molar-refractivity contribution in [2.45, 2.75) is 91.4 Å². The molecular formula is C50H54GeIrN4O-2. The molecule has 0 aliphatic heterocycles. The molecule has 8 rings (SSSR count). The van der Waals surface area contributed by atoms with Gasteiger partial charge in [-0.15, -0.1) is 18.2 Å². The van der Waals surface area contributed by atoms with Gasteiger partial charge in [0.25, 0.3) is 0 Å². The molecule has 0 saturated heterocycles. The Kier molecular flexibility index (Phi) is 11.4. The van der Waals surface area contributed by atoms with E-state index in [1.807, 2.05) is 63.4 Å². The number of aryl methyl sites for hydroxylation is 4. The van der Waals surface area contributed by atoms with Crippen LogP contribution in [-0.4, -0.2) is 32.8 Å². The van der Waals surface area contributed by atoms with Crippen LogP contribution in [0.15, 0.2) is 95.5 Å². The van der Waals surface area contributed by atoms with Crippen LogP contribution in [0, 0.1) is 45.7 Å². The molecule has 0 atom stereocenters. The third-order valence-corrected chi connectivity index (χ3v) is 14.4. The number of benzene rings is 4. The van der Waals surface area contributed by atoms with Gasteiger partial charge < -0.3 is 8.98 Å². The standard InChI is InChI=1S/C28H22N3O.C22H32GeN.Ir/c1-16-14-17(2)25(18(3)15-16)31-24-11-6-5-10-23(24)30-27(31)22-9-7-8-20-21-13-12-19(4)29-28(21)32-26(20)22;1-16(2)12-18-14-21(24-15-20(18)23(6,7)8)17-10-9-11-19(13-17)22(3,4)5;/h5-8,10-15H,1-4H3;9,11,13-16H,12H2,1-8H3;/q2*-1;/i;12D2;. The summed E-state index contributed by atoms with van der Waals surface area (Å²) in [6, 6.07) is 35.6. The predicted molar refractivity (Wildman–Crippen MR) is 238 cm³/mol. The van der Waals surface area contributed by atoms with Crippen molar-refractivity contribution in [1.29, 1.82) is 0 Å². The maximum Gasteiger partial charge on any atom is 0 e.